The van der Waals surface area contributed by atoms with E-state index in [9.17, 15) is 19.8 Å². The third kappa shape index (κ3) is 7.39. The summed E-state index contributed by atoms with van der Waals surface area (Å²) in [5, 5.41) is 20.8. The first-order valence-corrected chi connectivity index (χ1v) is 13.2. The molecular formula is C29H46O5. The molecule has 34 heavy (non-hydrogen) atoms. The number of carboxylic acids is 1. The molecule has 1 fully saturated rings. The molecule has 5 nitrogen and oxygen atoms in total. The second-order valence-electron chi connectivity index (χ2n) is 10.9. The smallest absolute Gasteiger partial charge is 0.343 e. The minimum Gasteiger partial charge on any atom is -0.479 e. The van der Waals surface area contributed by atoms with Crippen molar-refractivity contribution >= 4 is 11.8 Å². The predicted octanol–water partition coefficient (Wildman–Crippen LogP) is 6.52. The second kappa shape index (κ2) is 13.4. The summed E-state index contributed by atoms with van der Waals surface area (Å²) in [6.45, 7) is 6.95. The third-order valence-electron chi connectivity index (χ3n) is 7.90. The summed E-state index contributed by atoms with van der Waals surface area (Å²) >= 11 is 0. The van der Waals surface area contributed by atoms with Crippen LogP contribution in [0.15, 0.2) is 30.3 Å². The molecule has 2 unspecified atom stereocenters. The lowest BCUT2D eigenvalue weighted by Crippen LogP contribution is -2.48. The van der Waals surface area contributed by atoms with E-state index in [-0.39, 0.29) is 5.92 Å². The molecule has 2 N–H and O–H groups in total. The Balaban J connectivity index is 1.83. The maximum Gasteiger partial charge on any atom is 0.343 e. The van der Waals surface area contributed by atoms with Crippen molar-refractivity contribution in [3.8, 4) is 0 Å². The Morgan fingerprint density at radius 3 is 2.38 bits per heavy atom. The number of Topliss-reactive ketones (excluding diaryl/α,β-unsaturated/α-hetero) is 1. The van der Waals surface area contributed by atoms with E-state index in [2.05, 4.69) is 20.8 Å². The van der Waals surface area contributed by atoms with Gasteiger partial charge in [-0.05, 0) is 55.4 Å². The monoisotopic (exact) mass is 474 g/mol. The summed E-state index contributed by atoms with van der Waals surface area (Å²) in [6, 6.07) is 8.64. The van der Waals surface area contributed by atoms with Gasteiger partial charge in [0.25, 0.3) is 0 Å². The molecule has 1 saturated carbocycles. The molecule has 192 valence electrons. The van der Waals surface area contributed by atoms with Crippen LogP contribution < -0.4 is 0 Å². The molecular weight excluding hydrogens is 428 g/mol. The fourth-order valence-electron chi connectivity index (χ4n) is 5.92. The van der Waals surface area contributed by atoms with Crippen LogP contribution in [0.4, 0.5) is 0 Å². The molecule has 1 aliphatic rings. The van der Waals surface area contributed by atoms with Gasteiger partial charge in [0.15, 0.2) is 0 Å². The van der Waals surface area contributed by atoms with Gasteiger partial charge in [-0.3, -0.25) is 4.79 Å². The normalized spacial score (nSPS) is 21.4. The van der Waals surface area contributed by atoms with Gasteiger partial charge >= 0.3 is 5.97 Å². The predicted molar refractivity (Wildman–Crippen MR) is 136 cm³/mol. The lowest BCUT2D eigenvalue weighted by Gasteiger charge is -2.33. The van der Waals surface area contributed by atoms with Gasteiger partial charge in [-0.25, -0.2) is 4.79 Å². The number of aliphatic carboxylic acids is 1. The molecule has 1 aromatic rings. The number of aliphatic hydroxyl groups is 1. The van der Waals surface area contributed by atoms with Crippen molar-refractivity contribution in [1.82, 2.24) is 0 Å². The molecule has 0 spiro atoms. The lowest BCUT2D eigenvalue weighted by molar-refractivity contribution is -0.181. The van der Waals surface area contributed by atoms with E-state index in [0.717, 1.165) is 25.7 Å². The first-order chi connectivity index (χ1) is 16.2. The second-order valence-corrected chi connectivity index (χ2v) is 10.9. The number of methoxy groups -OCH3 is 1. The lowest BCUT2D eigenvalue weighted by atomic mass is 9.81. The number of ether oxygens (including phenoxy) is 1. The first-order valence-electron chi connectivity index (χ1n) is 13.2. The number of unbranched alkanes of at least 4 members (excludes halogenated alkanes) is 2. The van der Waals surface area contributed by atoms with Crippen LogP contribution in [0.25, 0.3) is 0 Å². The number of carbonyl (C=O) groups excluding carboxylic acids is 1. The maximum absolute atomic E-state index is 12.5. The molecule has 0 aromatic heterocycles. The third-order valence-corrected chi connectivity index (χ3v) is 7.90. The van der Waals surface area contributed by atoms with Gasteiger partial charge in [0.05, 0.1) is 6.10 Å². The highest BCUT2D eigenvalue weighted by atomic mass is 16.5. The van der Waals surface area contributed by atoms with Gasteiger partial charge in [-0.15, -0.1) is 0 Å². The number of hydrogen-bond donors (Lipinski definition) is 2. The summed E-state index contributed by atoms with van der Waals surface area (Å²) in [4.78, 5) is 24.6. The number of ketones is 1. The zero-order chi connectivity index (χ0) is 25.2. The zero-order valence-electron chi connectivity index (χ0n) is 21.7. The van der Waals surface area contributed by atoms with Crippen LogP contribution >= 0.6 is 0 Å². The van der Waals surface area contributed by atoms with Crippen LogP contribution in [0.3, 0.4) is 0 Å². The molecule has 5 heteroatoms. The fraction of sp³-hybridized carbons (Fsp3) is 0.724. The van der Waals surface area contributed by atoms with Crippen molar-refractivity contribution in [2.45, 2.75) is 110 Å². The summed E-state index contributed by atoms with van der Waals surface area (Å²) in [7, 11) is 1.33. The van der Waals surface area contributed by atoms with Crippen LogP contribution in [0.2, 0.25) is 0 Å². The van der Waals surface area contributed by atoms with E-state index in [1.54, 1.807) is 30.3 Å². The molecule has 1 aliphatic carbocycles. The number of aliphatic hydroxyl groups excluding tert-OH is 1. The van der Waals surface area contributed by atoms with Gasteiger partial charge in [0.1, 0.15) is 5.78 Å². The van der Waals surface area contributed by atoms with Crippen LogP contribution in [0, 0.1) is 17.3 Å². The molecule has 0 radical (unpaired) electrons. The van der Waals surface area contributed by atoms with Crippen molar-refractivity contribution in [2.24, 2.45) is 17.3 Å². The Labute approximate surface area is 206 Å². The molecule has 0 aliphatic heterocycles. The molecule has 1 aromatic carbocycles. The van der Waals surface area contributed by atoms with Crippen molar-refractivity contribution < 1.29 is 24.5 Å². The van der Waals surface area contributed by atoms with E-state index in [0.29, 0.717) is 41.9 Å². The summed E-state index contributed by atoms with van der Waals surface area (Å²) in [5.74, 6) is -0.200. The van der Waals surface area contributed by atoms with E-state index in [4.69, 9.17) is 4.74 Å². The Morgan fingerprint density at radius 2 is 1.76 bits per heavy atom. The fourth-order valence-corrected chi connectivity index (χ4v) is 5.92. The van der Waals surface area contributed by atoms with Crippen molar-refractivity contribution in [1.29, 1.82) is 0 Å². The van der Waals surface area contributed by atoms with E-state index in [1.165, 1.54) is 39.2 Å². The number of hydrogen-bond acceptors (Lipinski definition) is 4. The average Bonchev–Trinajstić information content (AvgIpc) is 3.15. The SMILES string of the molecule is CCCC(C)(C)CCCC[C@H]1CCC(=O)[C@@H]1CCCCC(O)C(OC)(C(=O)O)c1ccccc1. The van der Waals surface area contributed by atoms with Gasteiger partial charge in [0, 0.05) is 19.4 Å². The molecule has 2 rings (SSSR count). The van der Waals surface area contributed by atoms with Crippen LogP contribution in [-0.4, -0.2) is 35.2 Å². The van der Waals surface area contributed by atoms with Crippen molar-refractivity contribution in [2.75, 3.05) is 7.11 Å². The summed E-state index contributed by atoms with van der Waals surface area (Å²) in [6.07, 6.45) is 10.4. The standard InChI is InChI=1S/C29H46O5/c1-5-20-28(2,3)21-12-11-13-22-18-19-25(30)24(22)16-9-10-17-26(31)29(34-4,27(32)33)23-14-7-6-8-15-23/h6-8,14-15,22,24,26,31H,5,9-13,16-21H2,1-4H3,(H,32,33)/t22-,24+,26?,29?/m0/s1. The largest absolute Gasteiger partial charge is 0.479 e. The molecule has 4 atom stereocenters. The van der Waals surface area contributed by atoms with Gasteiger partial charge in [-0.2, -0.15) is 0 Å². The van der Waals surface area contributed by atoms with Crippen LogP contribution in [0.5, 0.6) is 0 Å². The Hall–Kier alpha value is -1.72. The Morgan fingerprint density at radius 1 is 1.09 bits per heavy atom. The molecule has 0 bridgehead atoms. The van der Waals surface area contributed by atoms with Crippen LogP contribution in [0.1, 0.15) is 103 Å². The number of carboxylic acid groups (broad SMARTS) is 1. The number of rotatable bonds is 16. The van der Waals surface area contributed by atoms with Gasteiger partial charge in [0.2, 0.25) is 5.60 Å². The number of carbonyl (C=O) groups is 2. The minimum absolute atomic E-state index is 0.126. The van der Waals surface area contributed by atoms with Crippen LogP contribution in [-0.2, 0) is 19.9 Å². The van der Waals surface area contributed by atoms with Gasteiger partial charge < -0.3 is 14.9 Å². The maximum atomic E-state index is 12.5. The Kier molecular flexibility index (Phi) is 11.2. The Bertz CT molecular complexity index is 759. The molecule has 0 saturated heterocycles. The van der Waals surface area contributed by atoms with Gasteiger partial charge in [-0.1, -0.05) is 83.2 Å². The number of benzene rings is 1. The summed E-state index contributed by atoms with van der Waals surface area (Å²) < 4.78 is 5.40. The topological polar surface area (TPSA) is 83.8 Å². The first kappa shape index (κ1) is 28.5. The average molecular weight is 475 g/mol. The quantitative estimate of drug-likeness (QED) is 0.267. The highest BCUT2D eigenvalue weighted by Gasteiger charge is 2.47. The van der Waals surface area contributed by atoms with Crippen molar-refractivity contribution in [3.05, 3.63) is 35.9 Å². The minimum atomic E-state index is -1.78. The highest BCUT2D eigenvalue weighted by Crippen LogP contribution is 2.38. The molecule has 0 heterocycles. The van der Waals surface area contributed by atoms with E-state index < -0.39 is 17.7 Å². The molecule has 0 amide bonds. The van der Waals surface area contributed by atoms with Crippen molar-refractivity contribution in [3.63, 3.8) is 0 Å². The highest BCUT2D eigenvalue weighted by molar-refractivity contribution is 5.83. The van der Waals surface area contributed by atoms with E-state index in [1.807, 2.05) is 0 Å². The zero-order valence-corrected chi connectivity index (χ0v) is 21.7. The summed E-state index contributed by atoms with van der Waals surface area (Å²) in [5.41, 5.74) is -0.933. The van der Waals surface area contributed by atoms with E-state index >= 15 is 0 Å².